The van der Waals surface area contributed by atoms with Crippen LogP contribution < -0.4 is 4.74 Å². The average Bonchev–Trinajstić information content (AvgIpc) is 2.19. The second-order valence-corrected chi connectivity index (χ2v) is 2.80. The van der Waals surface area contributed by atoms with E-state index in [0.717, 1.165) is 11.3 Å². The van der Waals surface area contributed by atoms with Crippen LogP contribution in [0.3, 0.4) is 0 Å². The highest BCUT2D eigenvalue weighted by Crippen LogP contribution is 2.13. The third-order valence-corrected chi connectivity index (χ3v) is 1.78. The van der Waals surface area contributed by atoms with Gasteiger partial charge in [-0.1, -0.05) is 12.1 Å². The summed E-state index contributed by atoms with van der Waals surface area (Å²) in [6, 6.07) is 6.95. The summed E-state index contributed by atoms with van der Waals surface area (Å²) in [5.74, 6) is 0.722. The summed E-state index contributed by atoms with van der Waals surface area (Å²) in [6.45, 7) is -0.925. The number of hydrogen-bond donors (Lipinski definition) is 0. The molecule has 0 saturated carbocycles. The molecule has 1 atom stereocenters. The maximum atomic E-state index is 12.6. The van der Waals surface area contributed by atoms with Gasteiger partial charge in [-0.3, -0.25) is 0 Å². The molecule has 0 spiro atoms. The summed E-state index contributed by atoms with van der Waals surface area (Å²) >= 11 is 0. The Labute approximate surface area is 76.3 Å². The molecule has 0 aromatic heterocycles. The van der Waals surface area contributed by atoms with Crippen LogP contribution in [0.1, 0.15) is 5.56 Å². The third-order valence-electron chi connectivity index (χ3n) is 1.78. The number of benzene rings is 1. The number of rotatable bonds is 4. The molecule has 0 saturated heterocycles. The van der Waals surface area contributed by atoms with Gasteiger partial charge >= 0.3 is 0 Å². The van der Waals surface area contributed by atoms with Crippen LogP contribution in [0, 0.1) is 0 Å². The highest BCUT2D eigenvalue weighted by Gasteiger charge is 2.06. The topological polar surface area (TPSA) is 9.23 Å². The van der Waals surface area contributed by atoms with Gasteiger partial charge in [0, 0.05) is 6.42 Å². The van der Waals surface area contributed by atoms with Crippen molar-refractivity contribution in [1.29, 1.82) is 0 Å². The van der Waals surface area contributed by atoms with Crippen molar-refractivity contribution in [3.8, 4) is 5.75 Å². The van der Waals surface area contributed by atoms with Crippen molar-refractivity contribution >= 4 is 0 Å². The van der Waals surface area contributed by atoms with Crippen molar-refractivity contribution in [2.45, 2.75) is 12.6 Å². The standard InChI is InChI=1S/C10H12F2O/c1-13-10-4-2-8(3-5-10)6-9(12)7-11/h2-5,9H,6-7H2,1H3. The van der Waals surface area contributed by atoms with E-state index in [2.05, 4.69) is 0 Å². The molecular formula is C10H12F2O. The second kappa shape index (κ2) is 4.80. The van der Waals surface area contributed by atoms with Crippen molar-refractivity contribution in [2.75, 3.05) is 13.8 Å². The van der Waals surface area contributed by atoms with Gasteiger partial charge in [0.1, 0.15) is 18.6 Å². The first kappa shape index (κ1) is 9.96. The molecule has 0 aliphatic rings. The predicted octanol–water partition coefficient (Wildman–Crippen LogP) is 2.55. The van der Waals surface area contributed by atoms with Gasteiger partial charge < -0.3 is 4.74 Å². The maximum absolute atomic E-state index is 12.6. The van der Waals surface area contributed by atoms with Gasteiger partial charge in [-0.25, -0.2) is 8.78 Å². The molecule has 0 radical (unpaired) electrons. The molecule has 1 rings (SSSR count). The largest absolute Gasteiger partial charge is 0.497 e. The molecule has 0 aliphatic carbocycles. The van der Waals surface area contributed by atoms with Crippen LogP contribution in [-0.4, -0.2) is 20.0 Å². The quantitative estimate of drug-likeness (QED) is 0.702. The lowest BCUT2D eigenvalue weighted by atomic mass is 10.1. The molecule has 1 aromatic rings. The van der Waals surface area contributed by atoms with Crippen LogP contribution in [0.2, 0.25) is 0 Å². The zero-order chi connectivity index (χ0) is 9.68. The lowest BCUT2D eigenvalue weighted by Crippen LogP contribution is -2.06. The molecule has 0 heterocycles. The normalized spacial score (nSPS) is 12.5. The van der Waals surface area contributed by atoms with E-state index >= 15 is 0 Å². The molecule has 0 amide bonds. The van der Waals surface area contributed by atoms with E-state index in [4.69, 9.17) is 4.74 Å². The summed E-state index contributed by atoms with van der Waals surface area (Å²) < 4.78 is 29.3. The highest BCUT2D eigenvalue weighted by molar-refractivity contribution is 5.27. The fourth-order valence-electron chi connectivity index (χ4n) is 1.07. The first-order chi connectivity index (χ1) is 6.26. The van der Waals surface area contributed by atoms with Gasteiger partial charge in [-0.05, 0) is 17.7 Å². The van der Waals surface area contributed by atoms with Crippen LogP contribution in [0.25, 0.3) is 0 Å². The van der Waals surface area contributed by atoms with Gasteiger partial charge in [0.05, 0.1) is 7.11 Å². The highest BCUT2D eigenvalue weighted by atomic mass is 19.2. The number of hydrogen-bond acceptors (Lipinski definition) is 1. The van der Waals surface area contributed by atoms with E-state index in [1.54, 1.807) is 31.4 Å². The van der Waals surface area contributed by atoms with Gasteiger partial charge in [0.2, 0.25) is 0 Å². The van der Waals surface area contributed by atoms with E-state index in [1.807, 2.05) is 0 Å². The number of alkyl halides is 2. The van der Waals surface area contributed by atoms with Crippen molar-refractivity contribution in [3.63, 3.8) is 0 Å². The van der Waals surface area contributed by atoms with Crippen molar-refractivity contribution in [3.05, 3.63) is 29.8 Å². The maximum Gasteiger partial charge on any atom is 0.132 e. The Bertz CT molecular complexity index is 246. The zero-order valence-corrected chi connectivity index (χ0v) is 7.47. The summed E-state index contributed by atoms with van der Waals surface area (Å²) in [7, 11) is 1.56. The molecule has 3 heteroatoms. The minimum atomic E-state index is -1.40. The smallest absolute Gasteiger partial charge is 0.132 e. The van der Waals surface area contributed by atoms with E-state index in [9.17, 15) is 8.78 Å². The molecule has 1 unspecified atom stereocenters. The predicted molar refractivity (Wildman–Crippen MR) is 47.6 cm³/mol. The van der Waals surface area contributed by atoms with E-state index < -0.39 is 12.8 Å². The van der Waals surface area contributed by atoms with Gasteiger partial charge in [-0.15, -0.1) is 0 Å². The molecule has 0 aliphatic heterocycles. The summed E-state index contributed by atoms with van der Waals surface area (Å²) in [4.78, 5) is 0. The fraction of sp³-hybridized carbons (Fsp3) is 0.400. The van der Waals surface area contributed by atoms with E-state index in [1.165, 1.54) is 0 Å². The molecule has 0 N–H and O–H groups in total. The van der Waals surface area contributed by atoms with Gasteiger partial charge in [-0.2, -0.15) is 0 Å². The Balaban J connectivity index is 2.58. The molecule has 72 valence electrons. The van der Waals surface area contributed by atoms with Crippen molar-refractivity contribution in [1.82, 2.24) is 0 Å². The lowest BCUT2D eigenvalue weighted by Gasteiger charge is -2.04. The third kappa shape index (κ3) is 3.01. The number of halogens is 2. The SMILES string of the molecule is COc1ccc(CC(F)CF)cc1. The summed E-state index contributed by atoms with van der Waals surface area (Å²) in [5, 5.41) is 0. The van der Waals surface area contributed by atoms with Crippen molar-refractivity contribution < 1.29 is 13.5 Å². The Hall–Kier alpha value is -1.12. The number of ether oxygens (including phenoxy) is 1. The van der Waals surface area contributed by atoms with Gasteiger partial charge in [0.15, 0.2) is 0 Å². The van der Waals surface area contributed by atoms with Crippen LogP contribution in [-0.2, 0) is 6.42 Å². The van der Waals surface area contributed by atoms with Crippen LogP contribution >= 0.6 is 0 Å². The average molecular weight is 186 g/mol. The Kier molecular flexibility index (Phi) is 3.68. The van der Waals surface area contributed by atoms with E-state index in [0.29, 0.717) is 0 Å². The van der Waals surface area contributed by atoms with E-state index in [-0.39, 0.29) is 6.42 Å². The molecule has 1 aromatic carbocycles. The van der Waals surface area contributed by atoms with Crippen LogP contribution in [0.5, 0.6) is 5.75 Å². The Morgan fingerprint density at radius 1 is 1.31 bits per heavy atom. The lowest BCUT2D eigenvalue weighted by molar-refractivity contribution is 0.259. The van der Waals surface area contributed by atoms with Crippen LogP contribution in [0.15, 0.2) is 24.3 Å². The fourth-order valence-corrected chi connectivity index (χ4v) is 1.07. The Morgan fingerprint density at radius 2 is 1.92 bits per heavy atom. The van der Waals surface area contributed by atoms with Gasteiger partial charge in [0.25, 0.3) is 0 Å². The first-order valence-corrected chi connectivity index (χ1v) is 4.09. The monoisotopic (exact) mass is 186 g/mol. The molecule has 0 bridgehead atoms. The minimum Gasteiger partial charge on any atom is -0.497 e. The van der Waals surface area contributed by atoms with Crippen LogP contribution in [0.4, 0.5) is 8.78 Å². The first-order valence-electron chi connectivity index (χ1n) is 4.09. The minimum absolute atomic E-state index is 0.125. The summed E-state index contributed by atoms with van der Waals surface area (Å²) in [6.07, 6.45) is -1.27. The zero-order valence-electron chi connectivity index (χ0n) is 7.47. The second-order valence-electron chi connectivity index (χ2n) is 2.80. The van der Waals surface area contributed by atoms with Crippen molar-refractivity contribution in [2.24, 2.45) is 0 Å². The molecule has 1 nitrogen and oxygen atoms in total. The summed E-state index contributed by atoms with van der Waals surface area (Å²) in [5.41, 5.74) is 0.783. The molecular weight excluding hydrogens is 174 g/mol. The molecule has 13 heavy (non-hydrogen) atoms. The molecule has 0 fully saturated rings. The Morgan fingerprint density at radius 3 is 2.38 bits per heavy atom. The number of methoxy groups -OCH3 is 1.